The lowest BCUT2D eigenvalue weighted by molar-refractivity contribution is -0.137. The normalized spacial score (nSPS) is 12.2. The van der Waals surface area contributed by atoms with E-state index in [9.17, 15) is 18.0 Å². The Hall–Kier alpha value is -2.94. The zero-order valence-corrected chi connectivity index (χ0v) is 15.7. The van der Waals surface area contributed by atoms with Crippen molar-refractivity contribution < 1.29 is 18.0 Å². The van der Waals surface area contributed by atoms with E-state index in [4.69, 9.17) is 0 Å². The van der Waals surface area contributed by atoms with E-state index in [1.54, 1.807) is 23.2 Å². The number of hydrogen-bond donors (Lipinski definition) is 1. The molecule has 0 unspecified atom stereocenters. The Bertz CT molecular complexity index is 1010. The van der Waals surface area contributed by atoms with E-state index in [0.29, 0.717) is 23.5 Å². The van der Waals surface area contributed by atoms with Gasteiger partial charge in [0, 0.05) is 35.7 Å². The smallest absolute Gasteiger partial charge is 0.336 e. The summed E-state index contributed by atoms with van der Waals surface area (Å²) in [4.78, 5) is 21.4. The van der Waals surface area contributed by atoms with E-state index in [2.05, 4.69) is 15.3 Å². The lowest BCUT2D eigenvalue weighted by Gasteiger charge is -2.08. The van der Waals surface area contributed by atoms with Gasteiger partial charge in [-0.15, -0.1) is 11.3 Å². The van der Waals surface area contributed by atoms with Gasteiger partial charge in [-0.2, -0.15) is 18.2 Å². The number of thiazole rings is 1. The van der Waals surface area contributed by atoms with Crippen LogP contribution in [0.15, 0.2) is 60.0 Å². The first-order chi connectivity index (χ1) is 13.3. The zero-order valence-electron chi connectivity index (χ0n) is 14.9. The summed E-state index contributed by atoms with van der Waals surface area (Å²) in [7, 11) is 0. The van der Waals surface area contributed by atoms with Crippen LogP contribution in [0, 0.1) is 6.92 Å². The molecular formula is C19H17F3N4OS. The van der Waals surface area contributed by atoms with Crippen LogP contribution in [0.1, 0.15) is 16.0 Å². The van der Waals surface area contributed by atoms with Crippen molar-refractivity contribution in [2.45, 2.75) is 19.5 Å². The molecule has 9 heteroatoms. The summed E-state index contributed by atoms with van der Waals surface area (Å²) in [6.45, 7) is 2.25. The number of pyridine rings is 1. The van der Waals surface area contributed by atoms with Gasteiger partial charge in [-0.05, 0) is 55.3 Å². The molecule has 146 valence electrons. The molecular weight excluding hydrogens is 389 g/mol. The van der Waals surface area contributed by atoms with E-state index in [0.717, 1.165) is 22.6 Å². The molecule has 1 N–H and O–H groups in total. The summed E-state index contributed by atoms with van der Waals surface area (Å²) in [5.74, 6) is 0. The van der Waals surface area contributed by atoms with Crippen LogP contribution in [0.25, 0.3) is 5.69 Å². The molecule has 0 spiro atoms. The average Bonchev–Trinajstić information content (AvgIpc) is 3.02. The predicted molar refractivity (Wildman–Crippen MR) is 100 cm³/mol. The molecule has 0 radical (unpaired) electrons. The van der Waals surface area contributed by atoms with Crippen molar-refractivity contribution >= 4 is 17.4 Å². The fourth-order valence-electron chi connectivity index (χ4n) is 2.52. The van der Waals surface area contributed by atoms with Crippen molar-refractivity contribution in [1.82, 2.24) is 14.9 Å². The fraction of sp³-hybridized carbons (Fsp3) is 0.211. The summed E-state index contributed by atoms with van der Waals surface area (Å²) in [5.41, 5.74) is 0.818. The van der Waals surface area contributed by atoms with Gasteiger partial charge in [0.15, 0.2) is 4.80 Å². The maximum Gasteiger partial charge on any atom is 0.416 e. The molecule has 3 rings (SSSR count). The van der Waals surface area contributed by atoms with Crippen molar-refractivity contribution in [3.05, 3.63) is 75.8 Å². The number of carbonyl (C=O) groups excluding carboxylic acids is 1. The zero-order chi connectivity index (χ0) is 20.1. The molecule has 2 aromatic heterocycles. The van der Waals surface area contributed by atoms with Gasteiger partial charge in [0.05, 0.1) is 5.56 Å². The number of rotatable bonds is 4. The fourth-order valence-corrected chi connectivity index (χ4v) is 3.35. The molecule has 0 atom stereocenters. The number of nitrogens with zero attached hydrogens (tertiary/aromatic N) is 3. The second-order valence-electron chi connectivity index (χ2n) is 5.99. The maximum atomic E-state index is 12.7. The highest BCUT2D eigenvalue weighted by molar-refractivity contribution is 7.09. The highest BCUT2D eigenvalue weighted by Crippen LogP contribution is 2.29. The Balaban J connectivity index is 1.74. The molecule has 2 amide bonds. The lowest BCUT2D eigenvalue weighted by atomic mass is 10.2. The largest absolute Gasteiger partial charge is 0.416 e. The molecule has 0 aliphatic carbocycles. The number of aromatic nitrogens is 2. The monoisotopic (exact) mass is 406 g/mol. The third-order valence-electron chi connectivity index (χ3n) is 3.88. The number of urea groups is 1. The quantitative estimate of drug-likeness (QED) is 0.709. The number of benzene rings is 1. The minimum absolute atomic E-state index is 0.388. The van der Waals surface area contributed by atoms with Crippen LogP contribution in [0.2, 0.25) is 0 Å². The Morgan fingerprint density at radius 1 is 1.18 bits per heavy atom. The SMILES string of the molecule is Cc1cn(-c2ccc(C(F)(F)F)cc2)/c(=N/C(=O)NCCc2ccncc2)s1. The van der Waals surface area contributed by atoms with Crippen molar-refractivity contribution in [2.24, 2.45) is 4.99 Å². The van der Waals surface area contributed by atoms with E-state index in [1.807, 2.05) is 19.1 Å². The van der Waals surface area contributed by atoms with Crippen LogP contribution in [0.4, 0.5) is 18.0 Å². The molecule has 0 bridgehead atoms. The second-order valence-corrected chi connectivity index (χ2v) is 7.20. The third-order valence-corrected chi connectivity index (χ3v) is 4.78. The van der Waals surface area contributed by atoms with Gasteiger partial charge in [0.1, 0.15) is 0 Å². The molecule has 0 aliphatic heterocycles. The maximum absolute atomic E-state index is 12.7. The van der Waals surface area contributed by atoms with Gasteiger partial charge in [0.2, 0.25) is 0 Å². The second kappa shape index (κ2) is 8.39. The van der Waals surface area contributed by atoms with Crippen LogP contribution in [0.5, 0.6) is 0 Å². The van der Waals surface area contributed by atoms with Gasteiger partial charge >= 0.3 is 12.2 Å². The molecule has 5 nitrogen and oxygen atoms in total. The van der Waals surface area contributed by atoms with E-state index in [-0.39, 0.29) is 0 Å². The average molecular weight is 406 g/mol. The van der Waals surface area contributed by atoms with Gasteiger partial charge in [-0.1, -0.05) is 0 Å². The topological polar surface area (TPSA) is 59.3 Å². The highest BCUT2D eigenvalue weighted by Gasteiger charge is 2.30. The number of amides is 2. The van der Waals surface area contributed by atoms with Crippen molar-refractivity contribution in [3.8, 4) is 5.69 Å². The summed E-state index contributed by atoms with van der Waals surface area (Å²) in [6, 6.07) is 7.96. The van der Waals surface area contributed by atoms with Crippen LogP contribution in [0.3, 0.4) is 0 Å². The van der Waals surface area contributed by atoms with Crippen LogP contribution >= 0.6 is 11.3 Å². The van der Waals surface area contributed by atoms with Crippen LogP contribution in [-0.2, 0) is 12.6 Å². The Morgan fingerprint density at radius 3 is 2.50 bits per heavy atom. The van der Waals surface area contributed by atoms with Gasteiger partial charge in [-0.25, -0.2) is 4.79 Å². The van der Waals surface area contributed by atoms with Gasteiger partial charge < -0.3 is 5.32 Å². The standard InChI is InChI=1S/C19H17F3N4OS/c1-13-12-26(16-4-2-15(3-5-16)19(20,21)22)18(28-13)25-17(27)24-11-8-14-6-9-23-10-7-14/h2-7,9-10,12H,8,11H2,1H3,(H,24,27)/b25-18-. The van der Waals surface area contributed by atoms with Gasteiger partial charge in [-0.3, -0.25) is 9.55 Å². The summed E-state index contributed by atoms with van der Waals surface area (Å²) in [5, 5.41) is 2.72. The molecule has 0 saturated carbocycles. The van der Waals surface area contributed by atoms with E-state index in [1.165, 1.54) is 23.5 Å². The van der Waals surface area contributed by atoms with E-state index >= 15 is 0 Å². The molecule has 1 aromatic carbocycles. The first-order valence-electron chi connectivity index (χ1n) is 8.41. The molecule has 0 saturated heterocycles. The minimum atomic E-state index is -4.39. The number of halogens is 3. The number of alkyl halides is 3. The van der Waals surface area contributed by atoms with Crippen LogP contribution in [-0.4, -0.2) is 22.1 Å². The molecule has 0 aliphatic rings. The Morgan fingerprint density at radius 2 is 1.86 bits per heavy atom. The summed E-state index contributed by atoms with van der Waals surface area (Å²) < 4.78 is 39.8. The summed E-state index contributed by atoms with van der Waals surface area (Å²) >= 11 is 1.28. The number of carbonyl (C=O) groups is 1. The number of nitrogens with one attached hydrogen (secondary N) is 1. The van der Waals surface area contributed by atoms with Gasteiger partial charge in [0.25, 0.3) is 0 Å². The first-order valence-corrected chi connectivity index (χ1v) is 9.23. The van der Waals surface area contributed by atoms with Crippen LogP contribution < -0.4 is 10.1 Å². The number of hydrogen-bond acceptors (Lipinski definition) is 3. The molecule has 0 fully saturated rings. The Kier molecular flexibility index (Phi) is 5.93. The third kappa shape index (κ3) is 5.07. The molecule has 28 heavy (non-hydrogen) atoms. The highest BCUT2D eigenvalue weighted by atomic mass is 32.1. The van der Waals surface area contributed by atoms with E-state index < -0.39 is 17.8 Å². The molecule has 2 heterocycles. The van der Waals surface area contributed by atoms with Crippen molar-refractivity contribution in [1.29, 1.82) is 0 Å². The summed E-state index contributed by atoms with van der Waals surface area (Å²) in [6.07, 6.45) is 1.35. The minimum Gasteiger partial charge on any atom is -0.336 e. The molecule has 3 aromatic rings. The van der Waals surface area contributed by atoms with Crippen molar-refractivity contribution in [3.63, 3.8) is 0 Å². The predicted octanol–water partition coefficient (Wildman–Crippen LogP) is 4.11. The number of aryl methyl sites for hydroxylation is 1. The first kappa shape index (κ1) is 19.8. The lowest BCUT2D eigenvalue weighted by Crippen LogP contribution is -2.25. The Labute approximate surface area is 163 Å². The van der Waals surface area contributed by atoms with Crippen molar-refractivity contribution in [2.75, 3.05) is 6.54 Å².